The van der Waals surface area contributed by atoms with Gasteiger partial charge in [-0.15, -0.1) is 0 Å². The number of nitrogens with zero attached hydrogens (tertiary/aromatic N) is 1. The molecule has 1 amide bonds. The molecule has 1 N–H and O–H groups in total. The van der Waals surface area contributed by atoms with E-state index in [2.05, 4.69) is 23.5 Å². The van der Waals surface area contributed by atoms with E-state index in [0.29, 0.717) is 0 Å². The zero-order valence-electron chi connectivity index (χ0n) is 10.9. The third kappa shape index (κ3) is 2.03. The van der Waals surface area contributed by atoms with Gasteiger partial charge in [-0.25, -0.2) is 0 Å². The van der Waals surface area contributed by atoms with Crippen molar-refractivity contribution in [1.82, 2.24) is 5.32 Å². The first-order chi connectivity index (χ1) is 8.75. The average Bonchev–Trinajstić information content (AvgIpc) is 3.06. The van der Waals surface area contributed by atoms with Gasteiger partial charge in [-0.3, -0.25) is 4.79 Å². The van der Waals surface area contributed by atoms with Gasteiger partial charge in [-0.2, -0.15) is 0 Å². The molecular weight excluding hydrogens is 224 g/mol. The van der Waals surface area contributed by atoms with E-state index in [0.717, 1.165) is 31.6 Å². The number of aryl methyl sites for hydroxylation is 2. The predicted molar refractivity (Wildman–Crippen MR) is 72.9 cm³/mol. The van der Waals surface area contributed by atoms with Gasteiger partial charge in [0.15, 0.2) is 0 Å². The molecule has 1 saturated heterocycles. The van der Waals surface area contributed by atoms with Crippen LogP contribution in [0.2, 0.25) is 0 Å². The summed E-state index contributed by atoms with van der Waals surface area (Å²) in [5.74, 6) is 0.404. The minimum Gasteiger partial charge on any atom is -0.316 e. The highest BCUT2D eigenvalue weighted by atomic mass is 16.2. The first-order valence-electron chi connectivity index (χ1n) is 6.86. The molecule has 0 bridgehead atoms. The molecule has 1 aliphatic heterocycles. The molecule has 0 aromatic heterocycles. The normalized spacial score (nSPS) is 21.9. The Morgan fingerprint density at radius 3 is 2.94 bits per heavy atom. The van der Waals surface area contributed by atoms with Gasteiger partial charge < -0.3 is 10.2 Å². The summed E-state index contributed by atoms with van der Waals surface area (Å²) in [6.45, 7) is 1.79. The quantitative estimate of drug-likeness (QED) is 0.859. The molecule has 1 fully saturated rings. The lowest BCUT2D eigenvalue weighted by Crippen LogP contribution is -2.34. The Hall–Kier alpha value is -1.35. The van der Waals surface area contributed by atoms with E-state index < -0.39 is 0 Å². The predicted octanol–water partition coefficient (Wildman–Crippen LogP) is 1.75. The number of hydrogen-bond donors (Lipinski definition) is 1. The van der Waals surface area contributed by atoms with Crippen LogP contribution in [0.3, 0.4) is 0 Å². The van der Waals surface area contributed by atoms with Crippen LogP contribution in [0.25, 0.3) is 0 Å². The van der Waals surface area contributed by atoms with Crippen molar-refractivity contribution in [2.75, 3.05) is 25.0 Å². The highest BCUT2D eigenvalue weighted by Gasteiger charge is 2.26. The second kappa shape index (κ2) is 4.73. The molecule has 2 aliphatic rings. The first-order valence-corrected chi connectivity index (χ1v) is 6.86. The highest BCUT2D eigenvalue weighted by molar-refractivity contribution is 5.95. The lowest BCUT2D eigenvalue weighted by atomic mass is 10.1. The Bertz CT molecular complexity index is 464. The summed E-state index contributed by atoms with van der Waals surface area (Å²) in [4.78, 5) is 14.2. The maximum atomic E-state index is 12.3. The maximum absolute atomic E-state index is 12.3. The second-order valence-electron chi connectivity index (χ2n) is 5.39. The Balaban J connectivity index is 1.79. The molecule has 3 rings (SSSR count). The molecule has 96 valence electrons. The summed E-state index contributed by atoms with van der Waals surface area (Å²) in [7, 11) is 1.90. The fraction of sp³-hybridized carbons (Fsp3) is 0.533. The summed E-state index contributed by atoms with van der Waals surface area (Å²) in [5, 5.41) is 3.25. The van der Waals surface area contributed by atoms with E-state index in [9.17, 15) is 4.79 Å². The zero-order chi connectivity index (χ0) is 12.5. The number of carbonyl (C=O) groups is 1. The summed E-state index contributed by atoms with van der Waals surface area (Å²) in [6.07, 6.45) is 4.58. The van der Waals surface area contributed by atoms with Crippen molar-refractivity contribution in [3.8, 4) is 0 Å². The van der Waals surface area contributed by atoms with Crippen molar-refractivity contribution in [3.63, 3.8) is 0 Å². The molecule has 0 saturated carbocycles. The van der Waals surface area contributed by atoms with Gasteiger partial charge in [0.2, 0.25) is 5.91 Å². The van der Waals surface area contributed by atoms with E-state index >= 15 is 0 Å². The number of nitrogens with one attached hydrogen (secondary N) is 1. The van der Waals surface area contributed by atoms with E-state index in [1.54, 1.807) is 0 Å². The van der Waals surface area contributed by atoms with Gasteiger partial charge in [0.1, 0.15) is 0 Å². The molecular formula is C15H20N2O. The third-order valence-corrected chi connectivity index (χ3v) is 4.21. The smallest absolute Gasteiger partial charge is 0.231 e. The maximum Gasteiger partial charge on any atom is 0.231 e. The number of benzene rings is 1. The van der Waals surface area contributed by atoms with Crippen LogP contribution in [-0.2, 0) is 17.6 Å². The SMILES string of the molecule is CN(C(=O)C1CCNC1)c1ccc2c(c1)CCC2. The van der Waals surface area contributed by atoms with Crippen LogP contribution in [0, 0.1) is 5.92 Å². The van der Waals surface area contributed by atoms with Crippen molar-refractivity contribution < 1.29 is 4.79 Å². The Morgan fingerprint density at radius 1 is 1.33 bits per heavy atom. The number of carbonyl (C=O) groups excluding carboxylic acids is 1. The molecule has 1 heterocycles. The summed E-state index contributed by atoms with van der Waals surface area (Å²) in [6, 6.07) is 6.47. The number of anilines is 1. The van der Waals surface area contributed by atoms with Crippen LogP contribution < -0.4 is 10.2 Å². The van der Waals surface area contributed by atoms with Crippen molar-refractivity contribution in [1.29, 1.82) is 0 Å². The van der Waals surface area contributed by atoms with Gasteiger partial charge in [-0.1, -0.05) is 6.07 Å². The van der Waals surface area contributed by atoms with E-state index in [1.165, 1.54) is 24.0 Å². The fourth-order valence-electron chi connectivity index (χ4n) is 3.03. The Kier molecular flexibility index (Phi) is 3.08. The standard InChI is InChI=1S/C15H20N2O/c1-17(15(18)13-7-8-16-10-13)14-6-5-11-3-2-4-12(11)9-14/h5-6,9,13,16H,2-4,7-8,10H2,1H3. The fourth-order valence-corrected chi connectivity index (χ4v) is 3.03. The van der Waals surface area contributed by atoms with Crippen molar-refractivity contribution >= 4 is 11.6 Å². The molecule has 1 unspecified atom stereocenters. The minimum absolute atomic E-state index is 0.156. The Morgan fingerprint density at radius 2 is 2.17 bits per heavy atom. The van der Waals surface area contributed by atoms with Gasteiger partial charge in [-0.05, 0) is 55.5 Å². The average molecular weight is 244 g/mol. The van der Waals surface area contributed by atoms with E-state index in [1.807, 2.05) is 11.9 Å². The first kappa shape index (κ1) is 11.7. The van der Waals surface area contributed by atoms with Crippen LogP contribution in [0.4, 0.5) is 5.69 Å². The number of hydrogen-bond acceptors (Lipinski definition) is 2. The van der Waals surface area contributed by atoms with E-state index in [4.69, 9.17) is 0 Å². The third-order valence-electron chi connectivity index (χ3n) is 4.21. The lowest BCUT2D eigenvalue weighted by molar-refractivity contribution is -0.121. The van der Waals surface area contributed by atoms with Gasteiger partial charge >= 0.3 is 0 Å². The summed E-state index contributed by atoms with van der Waals surface area (Å²) >= 11 is 0. The largest absolute Gasteiger partial charge is 0.316 e. The zero-order valence-corrected chi connectivity index (χ0v) is 10.9. The molecule has 0 spiro atoms. The molecule has 1 atom stereocenters. The number of fused-ring (bicyclic) bond motifs is 1. The van der Waals surface area contributed by atoms with E-state index in [-0.39, 0.29) is 11.8 Å². The molecule has 0 radical (unpaired) electrons. The Labute approximate surface area is 108 Å². The molecule has 1 aliphatic carbocycles. The van der Waals surface area contributed by atoms with Gasteiger partial charge in [0.25, 0.3) is 0 Å². The van der Waals surface area contributed by atoms with Crippen molar-refractivity contribution in [2.45, 2.75) is 25.7 Å². The van der Waals surface area contributed by atoms with Gasteiger partial charge in [0.05, 0.1) is 5.92 Å². The van der Waals surface area contributed by atoms with Crippen LogP contribution in [0.5, 0.6) is 0 Å². The summed E-state index contributed by atoms with van der Waals surface area (Å²) in [5.41, 5.74) is 3.94. The van der Waals surface area contributed by atoms with Crippen LogP contribution in [0.15, 0.2) is 18.2 Å². The number of amides is 1. The highest BCUT2D eigenvalue weighted by Crippen LogP contribution is 2.27. The minimum atomic E-state index is 0.156. The molecule has 1 aromatic carbocycles. The summed E-state index contributed by atoms with van der Waals surface area (Å²) < 4.78 is 0. The monoisotopic (exact) mass is 244 g/mol. The molecule has 1 aromatic rings. The van der Waals surface area contributed by atoms with Crippen molar-refractivity contribution in [2.24, 2.45) is 5.92 Å². The topological polar surface area (TPSA) is 32.3 Å². The number of rotatable bonds is 2. The van der Waals surface area contributed by atoms with Gasteiger partial charge in [0, 0.05) is 19.3 Å². The molecule has 18 heavy (non-hydrogen) atoms. The van der Waals surface area contributed by atoms with Crippen LogP contribution >= 0.6 is 0 Å². The van der Waals surface area contributed by atoms with Crippen LogP contribution in [-0.4, -0.2) is 26.0 Å². The van der Waals surface area contributed by atoms with Crippen LogP contribution in [0.1, 0.15) is 24.0 Å². The lowest BCUT2D eigenvalue weighted by Gasteiger charge is -2.21. The van der Waals surface area contributed by atoms with Crippen molar-refractivity contribution in [3.05, 3.63) is 29.3 Å². The molecule has 3 nitrogen and oxygen atoms in total. The molecule has 3 heteroatoms. The second-order valence-corrected chi connectivity index (χ2v) is 5.39.